The van der Waals surface area contributed by atoms with Gasteiger partial charge in [0.15, 0.2) is 0 Å². The van der Waals surface area contributed by atoms with Crippen LogP contribution in [-0.4, -0.2) is 73.3 Å². The van der Waals surface area contributed by atoms with Gasteiger partial charge in [-0.3, -0.25) is 9.59 Å². The standard InChI is InChI=1S/C17H28N2O6/c1-24-9-10-25-11-15(20)18-13-6-4-12(5-7-13)16(21)19-8-2-3-14(19)17(22)23/h12-14H,2-11H2,1H3,(H,18,20)(H,22,23)/t12?,13?,14-/m0/s1. The van der Waals surface area contributed by atoms with Crippen molar-refractivity contribution < 1.29 is 29.0 Å². The molecule has 1 aliphatic carbocycles. The van der Waals surface area contributed by atoms with E-state index in [0.29, 0.717) is 39.0 Å². The monoisotopic (exact) mass is 356 g/mol. The highest BCUT2D eigenvalue weighted by Gasteiger charge is 2.38. The number of rotatable bonds is 8. The molecule has 0 bridgehead atoms. The molecule has 1 aliphatic heterocycles. The highest BCUT2D eigenvalue weighted by atomic mass is 16.5. The van der Waals surface area contributed by atoms with E-state index >= 15 is 0 Å². The maximum atomic E-state index is 12.6. The number of methoxy groups -OCH3 is 1. The fourth-order valence-electron chi connectivity index (χ4n) is 3.58. The molecule has 0 unspecified atom stereocenters. The number of hydrogen-bond donors (Lipinski definition) is 2. The number of amides is 2. The first-order valence-electron chi connectivity index (χ1n) is 8.92. The van der Waals surface area contributed by atoms with Crippen molar-refractivity contribution in [2.45, 2.75) is 50.6 Å². The fraction of sp³-hybridized carbons (Fsp3) is 0.824. The lowest BCUT2D eigenvalue weighted by Crippen LogP contribution is -2.46. The lowest BCUT2D eigenvalue weighted by molar-refractivity contribution is -0.150. The van der Waals surface area contributed by atoms with Crippen molar-refractivity contribution in [2.24, 2.45) is 5.92 Å². The van der Waals surface area contributed by atoms with Crippen LogP contribution in [0, 0.1) is 5.92 Å². The average molecular weight is 356 g/mol. The molecule has 2 aliphatic rings. The van der Waals surface area contributed by atoms with Gasteiger partial charge in [0.2, 0.25) is 11.8 Å². The summed E-state index contributed by atoms with van der Waals surface area (Å²) in [6.45, 7) is 1.38. The molecule has 8 nitrogen and oxygen atoms in total. The maximum Gasteiger partial charge on any atom is 0.326 e. The molecule has 8 heteroatoms. The van der Waals surface area contributed by atoms with E-state index in [0.717, 1.165) is 19.3 Å². The molecule has 1 heterocycles. The molecule has 142 valence electrons. The Balaban J connectivity index is 1.71. The van der Waals surface area contributed by atoms with Crippen molar-refractivity contribution in [3.05, 3.63) is 0 Å². The van der Waals surface area contributed by atoms with Crippen LogP contribution in [0.4, 0.5) is 0 Å². The zero-order valence-electron chi connectivity index (χ0n) is 14.7. The molecule has 2 N–H and O–H groups in total. The Morgan fingerprint density at radius 1 is 1.12 bits per heavy atom. The number of ether oxygens (including phenoxy) is 2. The van der Waals surface area contributed by atoms with E-state index in [1.807, 2.05) is 0 Å². The van der Waals surface area contributed by atoms with Gasteiger partial charge in [-0.2, -0.15) is 0 Å². The zero-order valence-corrected chi connectivity index (χ0v) is 14.7. The number of nitrogens with one attached hydrogen (secondary N) is 1. The second kappa shape index (κ2) is 9.72. The molecule has 2 rings (SSSR count). The Morgan fingerprint density at radius 3 is 2.48 bits per heavy atom. The predicted molar refractivity (Wildman–Crippen MR) is 89.0 cm³/mol. The number of likely N-dealkylation sites (tertiary alicyclic amines) is 1. The Labute approximate surface area is 147 Å². The van der Waals surface area contributed by atoms with E-state index in [1.54, 1.807) is 7.11 Å². The minimum absolute atomic E-state index is 0.0102. The topological polar surface area (TPSA) is 105 Å². The molecule has 25 heavy (non-hydrogen) atoms. The summed E-state index contributed by atoms with van der Waals surface area (Å²) < 4.78 is 10.0. The Bertz CT molecular complexity index is 476. The van der Waals surface area contributed by atoms with Crippen molar-refractivity contribution in [3.8, 4) is 0 Å². The summed E-state index contributed by atoms with van der Waals surface area (Å²) in [5.41, 5.74) is 0. The Hall–Kier alpha value is -1.67. The van der Waals surface area contributed by atoms with Crippen LogP contribution in [0.1, 0.15) is 38.5 Å². The maximum absolute atomic E-state index is 12.6. The number of hydrogen-bond acceptors (Lipinski definition) is 5. The molecule has 2 amide bonds. The second-order valence-electron chi connectivity index (χ2n) is 6.69. The van der Waals surface area contributed by atoms with Gasteiger partial charge in [0.05, 0.1) is 13.2 Å². The summed E-state index contributed by atoms with van der Waals surface area (Å²) in [5, 5.41) is 12.1. The number of carboxylic acids is 1. The van der Waals surface area contributed by atoms with Gasteiger partial charge in [-0.05, 0) is 38.5 Å². The van der Waals surface area contributed by atoms with Crippen LogP contribution in [-0.2, 0) is 23.9 Å². The minimum Gasteiger partial charge on any atom is -0.480 e. The molecule has 1 atom stereocenters. The largest absolute Gasteiger partial charge is 0.480 e. The number of carboxylic acid groups (broad SMARTS) is 1. The minimum atomic E-state index is -0.916. The molecular formula is C17H28N2O6. The summed E-state index contributed by atoms with van der Waals surface area (Å²) in [4.78, 5) is 37.2. The van der Waals surface area contributed by atoms with Gasteiger partial charge < -0.3 is 24.8 Å². The molecule has 1 saturated carbocycles. The van der Waals surface area contributed by atoms with Gasteiger partial charge in [-0.25, -0.2) is 4.79 Å². The van der Waals surface area contributed by atoms with Crippen molar-refractivity contribution in [2.75, 3.05) is 33.5 Å². The number of carbonyl (C=O) groups is 3. The summed E-state index contributed by atoms with van der Waals surface area (Å²) in [7, 11) is 1.57. The van der Waals surface area contributed by atoms with Crippen LogP contribution in [0.15, 0.2) is 0 Å². The van der Waals surface area contributed by atoms with E-state index in [1.165, 1.54) is 4.90 Å². The second-order valence-corrected chi connectivity index (χ2v) is 6.69. The summed E-state index contributed by atoms with van der Waals surface area (Å²) in [5.74, 6) is -1.25. The zero-order chi connectivity index (χ0) is 18.2. The number of nitrogens with zero attached hydrogens (tertiary/aromatic N) is 1. The highest BCUT2D eigenvalue weighted by molar-refractivity contribution is 5.85. The molecule has 0 aromatic carbocycles. The van der Waals surface area contributed by atoms with E-state index < -0.39 is 12.0 Å². The highest BCUT2D eigenvalue weighted by Crippen LogP contribution is 2.29. The van der Waals surface area contributed by atoms with Gasteiger partial charge in [0, 0.05) is 25.6 Å². The number of aliphatic carboxylic acids is 1. The smallest absolute Gasteiger partial charge is 0.326 e. The quantitative estimate of drug-likeness (QED) is 0.610. The van der Waals surface area contributed by atoms with Crippen LogP contribution in [0.2, 0.25) is 0 Å². The normalized spacial score (nSPS) is 26.4. The first-order valence-corrected chi connectivity index (χ1v) is 8.92. The molecule has 0 aromatic heterocycles. The van der Waals surface area contributed by atoms with Gasteiger partial charge >= 0.3 is 5.97 Å². The predicted octanol–water partition coefficient (Wildman–Crippen LogP) is 0.400. The van der Waals surface area contributed by atoms with Gasteiger partial charge in [0.1, 0.15) is 12.6 Å². The first kappa shape index (κ1) is 19.7. The molecule has 2 fully saturated rings. The Morgan fingerprint density at radius 2 is 1.84 bits per heavy atom. The van der Waals surface area contributed by atoms with Crippen molar-refractivity contribution in [1.29, 1.82) is 0 Å². The lowest BCUT2D eigenvalue weighted by Gasteiger charge is -2.32. The third-order valence-electron chi connectivity index (χ3n) is 4.93. The van der Waals surface area contributed by atoms with E-state index in [9.17, 15) is 19.5 Å². The van der Waals surface area contributed by atoms with E-state index in [4.69, 9.17) is 9.47 Å². The molecular weight excluding hydrogens is 328 g/mol. The lowest BCUT2D eigenvalue weighted by atomic mass is 9.85. The fourth-order valence-corrected chi connectivity index (χ4v) is 3.58. The number of carbonyl (C=O) groups excluding carboxylic acids is 2. The summed E-state index contributed by atoms with van der Waals surface area (Å²) in [6.07, 6.45) is 4.10. The summed E-state index contributed by atoms with van der Waals surface area (Å²) in [6, 6.07) is -0.620. The molecule has 0 spiro atoms. The first-order chi connectivity index (χ1) is 12.0. The van der Waals surface area contributed by atoms with E-state index in [2.05, 4.69) is 5.32 Å². The van der Waals surface area contributed by atoms with Crippen molar-refractivity contribution in [1.82, 2.24) is 10.2 Å². The van der Waals surface area contributed by atoms with Crippen LogP contribution in [0.25, 0.3) is 0 Å². The average Bonchev–Trinajstić information content (AvgIpc) is 3.09. The summed E-state index contributed by atoms with van der Waals surface area (Å²) >= 11 is 0. The molecule has 0 aromatic rings. The SMILES string of the molecule is COCCOCC(=O)NC1CCC(C(=O)N2CCC[C@H]2C(=O)O)CC1. The third-order valence-corrected chi connectivity index (χ3v) is 4.93. The molecule has 1 saturated heterocycles. The van der Waals surface area contributed by atoms with Crippen LogP contribution < -0.4 is 5.32 Å². The van der Waals surface area contributed by atoms with Gasteiger partial charge in [-0.1, -0.05) is 0 Å². The van der Waals surface area contributed by atoms with Crippen molar-refractivity contribution in [3.63, 3.8) is 0 Å². The third kappa shape index (κ3) is 5.67. The van der Waals surface area contributed by atoms with Gasteiger partial charge in [0.25, 0.3) is 0 Å². The van der Waals surface area contributed by atoms with Crippen LogP contribution >= 0.6 is 0 Å². The van der Waals surface area contributed by atoms with Crippen LogP contribution in [0.3, 0.4) is 0 Å². The van der Waals surface area contributed by atoms with Crippen molar-refractivity contribution >= 4 is 17.8 Å². The van der Waals surface area contributed by atoms with E-state index in [-0.39, 0.29) is 30.4 Å². The van der Waals surface area contributed by atoms with Gasteiger partial charge in [-0.15, -0.1) is 0 Å². The Kier molecular flexibility index (Phi) is 7.64. The van der Waals surface area contributed by atoms with Crippen LogP contribution in [0.5, 0.6) is 0 Å². The molecule has 0 radical (unpaired) electrons.